The maximum Gasteiger partial charge on any atom is 0.223 e. The number of carbonyl (C=O) groups is 2. The molecule has 0 bridgehead atoms. The number of fused-ring (bicyclic) bond motifs is 1. The molecule has 3 rings (SSSR count). The lowest BCUT2D eigenvalue weighted by atomic mass is 9.95. The van der Waals surface area contributed by atoms with E-state index in [1.54, 1.807) is 11.3 Å². The monoisotopic (exact) mass is 335 g/mol. The van der Waals surface area contributed by atoms with Gasteiger partial charge < -0.3 is 15.5 Å². The Balaban J connectivity index is 1.43. The maximum atomic E-state index is 12.3. The van der Waals surface area contributed by atoms with E-state index in [1.165, 1.54) is 10.4 Å². The van der Waals surface area contributed by atoms with Gasteiger partial charge in [-0.3, -0.25) is 9.59 Å². The third-order valence-corrected chi connectivity index (χ3v) is 5.88. The summed E-state index contributed by atoms with van der Waals surface area (Å²) in [6.07, 6.45) is 2.51. The molecule has 5 nitrogen and oxygen atoms in total. The molecule has 2 amide bonds. The molecule has 2 aliphatic heterocycles. The van der Waals surface area contributed by atoms with Crippen LogP contribution < -0.4 is 10.6 Å². The van der Waals surface area contributed by atoms with Crippen molar-refractivity contribution in [2.45, 2.75) is 45.2 Å². The largest absolute Gasteiger partial charge is 0.353 e. The first kappa shape index (κ1) is 16.5. The van der Waals surface area contributed by atoms with Crippen molar-refractivity contribution in [1.82, 2.24) is 15.5 Å². The molecule has 1 fully saturated rings. The first-order valence-electron chi connectivity index (χ1n) is 8.46. The van der Waals surface area contributed by atoms with E-state index in [9.17, 15) is 9.59 Å². The molecule has 1 aromatic heterocycles. The van der Waals surface area contributed by atoms with Gasteiger partial charge in [0.2, 0.25) is 11.8 Å². The Labute approximate surface area is 141 Å². The number of piperidine rings is 1. The fraction of sp³-hybridized carbons (Fsp3) is 0.647. The van der Waals surface area contributed by atoms with Gasteiger partial charge in [-0.25, -0.2) is 0 Å². The predicted octanol–water partition coefficient (Wildman–Crippen LogP) is 1.53. The van der Waals surface area contributed by atoms with Crippen molar-refractivity contribution in [1.29, 1.82) is 0 Å². The lowest BCUT2D eigenvalue weighted by molar-refractivity contribution is -0.134. The summed E-state index contributed by atoms with van der Waals surface area (Å²) in [5, 5.41) is 8.51. The predicted molar refractivity (Wildman–Crippen MR) is 91.3 cm³/mol. The fourth-order valence-electron chi connectivity index (χ4n) is 3.35. The van der Waals surface area contributed by atoms with Crippen LogP contribution in [0.5, 0.6) is 0 Å². The number of rotatable bonds is 4. The summed E-state index contributed by atoms with van der Waals surface area (Å²) in [4.78, 5) is 27.7. The van der Waals surface area contributed by atoms with Crippen molar-refractivity contribution in [2.24, 2.45) is 5.92 Å². The lowest BCUT2D eigenvalue weighted by Gasteiger charge is -2.30. The highest BCUT2D eigenvalue weighted by atomic mass is 32.1. The van der Waals surface area contributed by atoms with Gasteiger partial charge in [-0.2, -0.15) is 0 Å². The van der Waals surface area contributed by atoms with Crippen molar-refractivity contribution >= 4 is 23.2 Å². The second-order valence-corrected chi connectivity index (χ2v) is 7.58. The fourth-order valence-corrected chi connectivity index (χ4v) is 4.24. The van der Waals surface area contributed by atoms with E-state index in [0.717, 1.165) is 32.5 Å². The molecule has 126 valence electrons. The molecule has 0 radical (unpaired) electrons. The Hall–Kier alpha value is -1.40. The number of nitrogens with zero attached hydrogens (tertiary/aromatic N) is 1. The number of amides is 2. The number of hydrogen-bond donors (Lipinski definition) is 2. The smallest absolute Gasteiger partial charge is 0.223 e. The average Bonchev–Trinajstić information content (AvgIpc) is 3.02. The number of carbonyl (C=O) groups excluding carboxylic acids is 2. The zero-order valence-electron chi connectivity index (χ0n) is 13.6. The summed E-state index contributed by atoms with van der Waals surface area (Å²) in [6.45, 7) is 5.52. The molecular formula is C17H25N3O2S. The molecule has 0 aliphatic carbocycles. The topological polar surface area (TPSA) is 61.4 Å². The van der Waals surface area contributed by atoms with Gasteiger partial charge in [0.1, 0.15) is 0 Å². The summed E-state index contributed by atoms with van der Waals surface area (Å²) < 4.78 is 0. The van der Waals surface area contributed by atoms with E-state index in [2.05, 4.69) is 29.0 Å². The molecule has 6 heteroatoms. The molecule has 1 aromatic rings. The minimum Gasteiger partial charge on any atom is -0.353 e. The summed E-state index contributed by atoms with van der Waals surface area (Å²) >= 11 is 1.77. The Morgan fingerprint density at radius 1 is 1.43 bits per heavy atom. The van der Waals surface area contributed by atoms with Crippen molar-refractivity contribution in [3.8, 4) is 0 Å². The van der Waals surface area contributed by atoms with Crippen LogP contribution in [0.15, 0.2) is 11.4 Å². The van der Waals surface area contributed by atoms with Crippen LogP contribution in [0.25, 0.3) is 0 Å². The molecule has 3 heterocycles. The van der Waals surface area contributed by atoms with E-state index in [-0.39, 0.29) is 17.9 Å². The van der Waals surface area contributed by atoms with Crippen LogP contribution in [0.3, 0.4) is 0 Å². The van der Waals surface area contributed by atoms with E-state index >= 15 is 0 Å². The standard InChI is InChI=1S/C17H25N3O2S/c1-12-10-18-7-4-14(12)19-16(21)2-3-17(22)20-8-5-15-13(11-20)6-9-23-15/h6,9,12,14,18H,2-5,7-8,10-11H2,1H3,(H,19,21). The van der Waals surface area contributed by atoms with Crippen LogP contribution in [-0.4, -0.2) is 42.4 Å². The number of nitrogens with one attached hydrogen (secondary N) is 2. The highest BCUT2D eigenvalue weighted by Crippen LogP contribution is 2.24. The van der Waals surface area contributed by atoms with E-state index < -0.39 is 0 Å². The SMILES string of the molecule is CC1CNCCC1NC(=O)CCC(=O)N1CCc2sccc2C1. The molecule has 0 saturated carbocycles. The summed E-state index contributed by atoms with van der Waals surface area (Å²) in [6, 6.07) is 2.34. The molecule has 1 saturated heterocycles. The minimum absolute atomic E-state index is 0.00494. The minimum atomic E-state index is 0.00494. The van der Waals surface area contributed by atoms with Gasteiger partial charge in [0.15, 0.2) is 0 Å². The molecule has 2 aliphatic rings. The van der Waals surface area contributed by atoms with Gasteiger partial charge >= 0.3 is 0 Å². The van der Waals surface area contributed by atoms with E-state index in [0.29, 0.717) is 25.3 Å². The molecule has 0 spiro atoms. The summed E-state index contributed by atoms with van der Waals surface area (Å²) in [5.74, 6) is 0.545. The first-order chi connectivity index (χ1) is 11.1. The van der Waals surface area contributed by atoms with Gasteiger partial charge in [0.05, 0.1) is 0 Å². The van der Waals surface area contributed by atoms with Crippen LogP contribution in [0.2, 0.25) is 0 Å². The van der Waals surface area contributed by atoms with E-state index in [1.807, 2.05) is 4.90 Å². The first-order valence-corrected chi connectivity index (χ1v) is 9.34. The Kier molecular flexibility index (Phi) is 5.33. The highest BCUT2D eigenvalue weighted by molar-refractivity contribution is 7.10. The molecule has 2 unspecified atom stereocenters. The van der Waals surface area contributed by atoms with Gasteiger partial charge in [-0.15, -0.1) is 11.3 Å². The summed E-state index contributed by atoms with van der Waals surface area (Å²) in [7, 11) is 0. The van der Waals surface area contributed by atoms with Gasteiger partial charge in [0.25, 0.3) is 0 Å². The third-order valence-electron chi connectivity index (χ3n) is 4.86. The van der Waals surface area contributed by atoms with Gasteiger partial charge in [0, 0.05) is 36.9 Å². The maximum absolute atomic E-state index is 12.3. The van der Waals surface area contributed by atoms with Crippen LogP contribution >= 0.6 is 11.3 Å². The zero-order valence-corrected chi connectivity index (χ0v) is 14.5. The zero-order chi connectivity index (χ0) is 16.2. The normalized spacial score (nSPS) is 24.1. The van der Waals surface area contributed by atoms with Gasteiger partial charge in [-0.05, 0) is 48.9 Å². The Bertz CT molecular complexity index is 572. The van der Waals surface area contributed by atoms with Crippen molar-refractivity contribution in [2.75, 3.05) is 19.6 Å². The lowest BCUT2D eigenvalue weighted by Crippen LogP contribution is -2.48. The van der Waals surface area contributed by atoms with Gasteiger partial charge in [-0.1, -0.05) is 6.92 Å². The molecular weight excluding hydrogens is 310 g/mol. The highest BCUT2D eigenvalue weighted by Gasteiger charge is 2.24. The van der Waals surface area contributed by atoms with Crippen LogP contribution in [0.1, 0.15) is 36.6 Å². The average molecular weight is 335 g/mol. The second kappa shape index (κ2) is 7.45. The van der Waals surface area contributed by atoms with Crippen LogP contribution in [-0.2, 0) is 22.6 Å². The number of hydrogen-bond acceptors (Lipinski definition) is 4. The van der Waals surface area contributed by atoms with Crippen LogP contribution in [0.4, 0.5) is 0 Å². The molecule has 0 aromatic carbocycles. The second-order valence-electron chi connectivity index (χ2n) is 6.58. The molecule has 23 heavy (non-hydrogen) atoms. The summed E-state index contributed by atoms with van der Waals surface area (Å²) in [5.41, 5.74) is 1.27. The number of thiophene rings is 1. The van der Waals surface area contributed by atoms with Crippen molar-refractivity contribution in [3.63, 3.8) is 0 Å². The quantitative estimate of drug-likeness (QED) is 0.877. The Morgan fingerprint density at radius 2 is 2.30 bits per heavy atom. The van der Waals surface area contributed by atoms with Crippen molar-refractivity contribution < 1.29 is 9.59 Å². The van der Waals surface area contributed by atoms with Crippen LogP contribution in [0, 0.1) is 5.92 Å². The molecule has 2 atom stereocenters. The molecule has 2 N–H and O–H groups in total. The third kappa shape index (κ3) is 4.12. The Morgan fingerprint density at radius 3 is 3.13 bits per heavy atom. The van der Waals surface area contributed by atoms with E-state index in [4.69, 9.17) is 0 Å². The van der Waals surface area contributed by atoms with Crippen molar-refractivity contribution in [3.05, 3.63) is 21.9 Å².